The van der Waals surface area contributed by atoms with Crippen LogP contribution >= 0.6 is 11.6 Å². The van der Waals surface area contributed by atoms with E-state index in [1.165, 1.54) is 0 Å². The van der Waals surface area contributed by atoms with E-state index in [0.29, 0.717) is 10.7 Å². The minimum absolute atomic E-state index is 0.120. The van der Waals surface area contributed by atoms with Crippen LogP contribution in [0.5, 0.6) is 0 Å². The molecule has 144 valence electrons. The average Bonchev–Trinajstić information content (AvgIpc) is 3.20. The number of morpholine rings is 1. The van der Waals surface area contributed by atoms with E-state index in [4.69, 9.17) is 20.8 Å². The van der Waals surface area contributed by atoms with Crippen molar-refractivity contribution in [1.29, 1.82) is 0 Å². The summed E-state index contributed by atoms with van der Waals surface area (Å²) < 4.78 is 10.7. The van der Waals surface area contributed by atoms with E-state index in [1.54, 1.807) is 24.3 Å². The number of amides is 1. The van der Waals surface area contributed by atoms with Crippen LogP contribution in [0, 0.1) is 0 Å². The summed E-state index contributed by atoms with van der Waals surface area (Å²) >= 11 is 5.85. The van der Waals surface area contributed by atoms with Gasteiger partial charge in [0.2, 0.25) is 0 Å². The molecule has 1 saturated heterocycles. The minimum atomic E-state index is -0.476. The van der Waals surface area contributed by atoms with Crippen LogP contribution in [0.25, 0.3) is 0 Å². The molecule has 0 atom stereocenters. The molecule has 1 aromatic heterocycles. The van der Waals surface area contributed by atoms with E-state index in [-0.39, 0.29) is 11.9 Å². The zero-order valence-corrected chi connectivity index (χ0v) is 15.6. The minimum Gasteiger partial charge on any atom is -0.399 e. The van der Waals surface area contributed by atoms with Crippen molar-refractivity contribution in [3.63, 3.8) is 0 Å². The van der Waals surface area contributed by atoms with E-state index >= 15 is 0 Å². The van der Waals surface area contributed by atoms with Crippen LogP contribution in [-0.4, -0.2) is 42.4 Å². The van der Waals surface area contributed by atoms with Crippen LogP contribution in [0.1, 0.15) is 10.7 Å². The molecule has 0 aliphatic carbocycles. The Morgan fingerprint density at radius 3 is 2.36 bits per heavy atom. The molecule has 0 saturated carbocycles. The third kappa shape index (κ3) is 4.41. The second kappa shape index (κ2) is 8.28. The fourth-order valence-corrected chi connectivity index (χ4v) is 2.91. The van der Waals surface area contributed by atoms with Gasteiger partial charge in [-0.1, -0.05) is 16.7 Å². The molecule has 3 aromatic rings. The van der Waals surface area contributed by atoms with Crippen LogP contribution in [0.15, 0.2) is 52.9 Å². The third-order valence-corrected chi connectivity index (χ3v) is 4.47. The normalized spacial score (nSPS) is 14.0. The Bertz CT molecular complexity index is 937. The van der Waals surface area contributed by atoms with Crippen molar-refractivity contribution in [2.75, 3.05) is 41.8 Å². The van der Waals surface area contributed by atoms with E-state index < -0.39 is 5.91 Å². The van der Waals surface area contributed by atoms with Crippen LogP contribution in [-0.2, 0) is 4.74 Å². The quantitative estimate of drug-likeness (QED) is 0.677. The molecule has 0 radical (unpaired) electrons. The molecule has 4 rings (SSSR count). The molecule has 1 aliphatic rings. The van der Waals surface area contributed by atoms with Gasteiger partial charge < -0.3 is 24.7 Å². The summed E-state index contributed by atoms with van der Waals surface area (Å²) in [4.78, 5) is 14.6. The van der Waals surface area contributed by atoms with Crippen molar-refractivity contribution in [1.82, 2.24) is 10.2 Å². The van der Waals surface area contributed by atoms with Gasteiger partial charge >= 0.3 is 17.8 Å². The predicted octanol–water partition coefficient (Wildman–Crippen LogP) is 3.56. The van der Waals surface area contributed by atoms with Gasteiger partial charge in [-0.3, -0.25) is 4.79 Å². The van der Waals surface area contributed by atoms with Crippen LogP contribution in [0.4, 0.5) is 23.1 Å². The number of anilines is 4. The highest BCUT2D eigenvalue weighted by Gasteiger charge is 2.16. The molecule has 9 heteroatoms. The molecule has 28 heavy (non-hydrogen) atoms. The summed E-state index contributed by atoms with van der Waals surface area (Å²) in [6.07, 6.45) is 0. The van der Waals surface area contributed by atoms with E-state index in [9.17, 15) is 4.79 Å². The van der Waals surface area contributed by atoms with Crippen molar-refractivity contribution in [3.8, 4) is 0 Å². The number of hydrogen-bond acceptors (Lipinski definition) is 7. The molecule has 1 aliphatic heterocycles. The lowest BCUT2D eigenvalue weighted by Crippen LogP contribution is -2.36. The molecule has 8 nitrogen and oxygen atoms in total. The van der Waals surface area contributed by atoms with Crippen LogP contribution < -0.4 is 15.5 Å². The van der Waals surface area contributed by atoms with Gasteiger partial charge in [0.25, 0.3) is 0 Å². The van der Waals surface area contributed by atoms with Crippen molar-refractivity contribution in [3.05, 3.63) is 59.4 Å². The van der Waals surface area contributed by atoms with E-state index in [1.807, 2.05) is 24.3 Å². The van der Waals surface area contributed by atoms with Gasteiger partial charge in [-0.2, -0.15) is 0 Å². The Morgan fingerprint density at radius 1 is 0.964 bits per heavy atom. The second-order valence-electron chi connectivity index (χ2n) is 6.14. The van der Waals surface area contributed by atoms with Crippen LogP contribution in [0.2, 0.25) is 5.02 Å². The number of benzene rings is 2. The number of carbonyl (C=O) groups excluding carboxylic acids is 1. The fourth-order valence-electron chi connectivity index (χ4n) is 2.78. The zero-order chi connectivity index (χ0) is 19.3. The molecule has 2 N–H and O–H groups in total. The average molecular weight is 400 g/mol. The summed E-state index contributed by atoms with van der Waals surface area (Å²) in [5.74, 6) is -0.607. The van der Waals surface area contributed by atoms with E-state index in [2.05, 4.69) is 25.7 Å². The van der Waals surface area contributed by atoms with Gasteiger partial charge in [0.1, 0.15) is 0 Å². The first kappa shape index (κ1) is 18.3. The maximum Gasteiger partial charge on any atom is 0.320 e. The van der Waals surface area contributed by atoms with Crippen LogP contribution in [0.3, 0.4) is 0 Å². The van der Waals surface area contributed by atoms with Crippen molar-refractivity contribution in [2.24, 2.45) is 0 Å². The molecule has 0 spiro atoms. The lowest BCUT2D eigenvalue weighted by atomic mass is 10.2. The SMILES string of the molecule is O=C(Nc1ccc(N2CCOCC2)cc1)c1nnc(Nc2ccc(Cl)cc2)o1. The Morgan fingerprint density at radius 2 is 1.64 bits per heavy atom. The lowest BCUT2D eigenvalue weighted by Gasteiger charge is -2.28. The Hall–Kier alpha value is -3.10. The summed E-state index contributed by atoms with van der Waals surface area (Å²) in [5, 5.41) is 13.9. The maximum absolute atomic E-state index is 12.3. The molecular weight excluding hydrogens is 382 g/mol. The zero-order valence-electron chi connectivity index (χ0n) is 14.9. The smallest absolute Gasteiger partial charge is 0.320 e. The van der Waals surface area contributed by atoms with Gasteiger partial charge in [-0.15, -0.1) is 5.10 Å². The molecular formula is C19H18ClN5O3. The van der Waals surface area contributed by atoms with Gasteiger partial charge in [-0.05, 0) is 48.5 Å². The first-order chi connectivity index (χ1) is 13.7. The lowest BCUT2D eigenvalue weighted by molar-refractivity contribution is 0.0991. The standard InChI is InChI=1S/C19H18ClN5O3/c20-13-1-3-15(4-2-13)22-19-24-23-18(28-19)17(26)21-14-5-7-16(8-6-14)25-9-11-27-12-10-25/h1-8H,9-12H2,(H,21,26)(H,22,24). The van der Waals surface area contributed by atoms with Gasteiger partial charge in [0, 0.05) is 35.2 Å². The second-order valence-corrected chi connectivity index (χ2v) is 6.58. The first-order valence-electron chi connectivity index (χ1n) is 8.77. The highest BCUT2D eigenvalue weighted by Crippen LogP contribution is 2.21. The van der Waals surface area contributed by atoms with Gasteiger partial charge in [-0.25, -0.2) is 0 Å². The number of hydrogen-bond donors (Lipinski definition) is 2. The number of carbonyl (C=O) groups is 1. The van der Waals surface area contributed by atoms with Gasteiger partial charge in [0.05, 0.1) is 13.2 Å². The summed E-state index contributed by atoms with van der Waals surface area (Å²) in [6, 6.07) is 14.7. The Kier molecular flexibility index (Phi) is 5.41. The number of halogens is 1. The fraction of sp³-hybridized carbons (Fsp3) is 0.211. The summed E-state index contributed by atoms with van der Waals surface area (Å²) in [5.41, 5.74) is 2.46. The highest BCUT2D eigenvalue weighted by atomic mass is 35.5. The van der Waals surface area contributed by atoms with Crippen molar-refractivity contribution in [2.45, 2.75) is 0 Å². The third-order valence-electron chi connectivity index (χ3n) is 4.22. The first-order valence-corrected chi connectivity index (χ1v) is 9.15. The van der Waals surface area contributed by atoms with Gasteiger partial charge in [0.15, 0.2) is 0 Å². The molecule has 1 fully saturated rings. The molecule has 0 bridgehead atoms. The van der Waals surface area contributed by atoms with Crippen molar-refractivity contribution >= 4 is 40.6 Å². The summed E-state index contributed by atoms with van der Waals surface area (Å²) in [7, 11) is 0. The highest BCUT2D eigenvalue weighted by molar-refractivity contribution is 6.30. The topological polar surface area (TPSA) is 92.5 Å². The number of nitrogens with one attached hydrogen (secondary N) is 2. The number of aromatic nitrogens is 2. The predicted molar refractivity (Wildman–Crippen MR) is 106 cm³/mol. The maximum atomic E-state index is 12.3. The van der Waals surface area contributed by atoms with E-state index in [0.717, 1.165) is 37.7 Å². The Balaban J connectivity index is 1.37. The number of ether oxygens (including phenoxy) is 1. The molecule has 2 heterocycles. The summed E-state index contributed by atoms with van der Waals surface area (Å²) in [6.45, 7) is 3.16. The molecule has 2 aromatic carbocycles. The largest absolute Gasteiger partial charge is 0.399 e. The molecule has 0 unspecified atom stereocenters. The number of rotatable bonds is 5. The van der Waals surface area contributed by atoms with Crippen molar-refractivity contribution < 1.29 is 13.9 Å². The number of nitrogens with zero attached hydrogens (tertiary/aromatic N) is 3. The Labute approximate surface area is 166 Å². The monoisotopic (exact) mass is 399 g/mol. The molecule has 1 amide bonds.